The Hall–Kier alpha value is -4.06. The molecular weight excluding hydrogens is 404 g/mol. The van der Waals surface area contributed by atoms with Crippen molar-refractivity contribution >= 4 is 23.1 Å². The Morgan fingerprint density at radius 3 is 2.16 bits per heavy atom. The van der Waals surface area contributed by atoms with Gasteiger partial charge in [-0.1, -0.05) is 54.1 Å². The molecule has 3 aromatic rings. The molecule has 3 aromatic carbocycles. The number of ether oxygens (including phenoxy) is 2. The van der Waals surface area contributed by atoms with Crippen LogP contribution in [0.25, 0.3) is 5.57 Å². The second-order valence-corrected chi connectivity index (χ2v) is 7.49. The van der Waals surface area contributed by atoms with Gasteiger partial charge in [0.05, 0.1) is 26.3 Å². The summed E-state index contributed by atoms with van der Waals surface area (Å²) in [5, 5.41) is 3.17. The molecule has 162 valence electrons. The van der Waals surface area contributed by atoms with E-state index in [2.05, 4.69) is 5.32 Å². The molecule has 1 heterocycles. The number of aryl methyl sites for hydroxylation is 1. The van der Waals surface area contributed by atoms with E-state index in [1.807, 2.05) is 61.5 Å². The average Bonchev–Trinajstić information content (AvgIpc) is 3.05. The summed E-state index contributed by atoms with van der Waals surface area (Å²) in [4.78, 5) is 28.1. The second-order valence-electron chi connectivity index (χ2n) is 7.49. The van der Waals surface area contributed by atoms with Crippen LogP contribution in [0.2, 0.25) is 0 Å². The number of methoxy groups -OCH3 is 2. The number of hydrogen-bond acceptors (Lipinski definition) is 5. The van der Waals surface area contributed by atoms with Crippen LogP contribution in [0.3, 0.4) is 0 Å². The molecule has 0 aliphatic carbocycles. The molecule has 1 N–H and O–H groups in total. The van der Waals surface area contributed by atoms with Crippen LogP contribution < -0.4 is 14.8 Å². The summed E-state index contributed by atoms with van der Waals surface area (Å²) in [5.74, 6) is 0.293. The summed E-state index contributed by atoms with van der Waals surface area (Å²) < 4.78 is 10.7. The molecule has 0 aromatic heterocycles. The maximum absolute atomic E-state index is 13.5. The Labute approximate surface area is 187 Å². The molecule has 0 saturated carbocycles. The zero-order valence-corrected chi connectivity index (χ0v) is 18.2. The van der Waals surface area contributed by atoms with Gasteiger partial charge in [-0.25, -0.2) is 0 Å². The fraction of sp³-hybridized carbons (Fsp3) is 0.154. The number of rotatable bonds is 7. The lowest BCUT2D eigenvalue weighted by atomic mass is 10.0. The van der Waals surface area contributed by atoms with Gasteiger partial charge in [-0.2, -0.15) is 0 Å². The minimum Gasteiger partial charge on any atom is -0.493 e. The number of imide groups is 1. The second kappa shape index (κ2) is 8.98. The first-order chi connectivity index (χ1) is 15.5. The van der Waals surface area contributed by atoms with Crippen molar-refractivity contribution in [2.24, 2.45) is 0 Å². The summed E-state index contributed by atoms with van der Waals surface area (Å²) in [6, 6.07) is 22.3. The van der Waals surface area contributed by atoms with Gasteiger partial charge < -0.3 is 14.8 Å². The minimum absolute atomic E-state index is 0.189. The maximum atomic E-state index is 13.5. The van der Waals surface area contributed by atoms with Gasteiger partial charge in [0, 0.05) is 5.69 Å². The van der Waals surface area contributed by atoms with Crippen molar-refractivity contribution in [2.75, 3.05) is 19.5 Å². The molecule has 0 saturated heterocycles. The first-order valence-corrected chi connectivity index (χ1v) is 10.2. The Morgan fingerprint density at radius 1 is 0.812 bits per heavy atom. The van der Waals surface area contributed by atoms with Crippen molar-refractivity contribution in [1.82, 2.24) is 4.90 Å². The van der Waals surface area contributed by atoms with E-state index in [-0.39, 0.29) is 24.1 Å². The zero-order chi connectivity index (χ0) is 22.7. The van der Waals surface area contributed by atoms with E-state index in [0.29, 0.717) is 22.6 Å². The highest BCUT2D eigenvalue weighted by Crippen LogP contribution is 2.36. The number of hydrogen-bond donors (Lipinski definition) is 1. The van der Waals surface area contributed by atoms with Crippen molar-refractivity contribution in [1.29, 1.82) is 0 Å². The Morgan fingerprint density at radius 2 is 1.50 bits per heavy atom. The van der Waals surface area contributed by atoms with Crippen molar-refractivity contribution < 1.29 is 19.1 Å². The van der Waals surface area contributed by atoms with Crippen LogP contribution >= 0.6 is 0 Å². The fourth-order valence-corrected chi connectivity index (χ4v) is 3.64. The highest BCUT2D eigenvalue weighted by atomic mass is 16.5. The third-order valence-electron chi connectivity index (χ3n) is 5.34. The minimum atomic E-state index is -0.371. The van der Waals surface area contributed by atoms with Gasteiger partial charge in [0.1, 0.15) is 5.70 Å². The molecule has 4 rings (SSSR count). The first-order valence-electron chi connectivity index (χ1n) is 10.2. The lowest BCUT2D eigenvalue weighted by Crippen LogP contribution is -2.31. The van der Waals surface area contributed by atoms with Crippen LogP contribution in [0.4, 0.5) is 5.69 Å². The molecular formula is C26H24N2O4. The van der Waals surface area contributed by atoms with E-state index in [9.17, 15) is 9.59 Å². The number of anilines is 1. The zero-order valence-electron chi connectivity index (χ0n) is 18.2. The highest BCUT2D eigenvalue weighted by molar-refractivity contribution is 6.36. The summed E-state index contributed by atoms with van der Waals surface area (Å²) in [6.45, 7) is 2.18. The molecule has 0 atom stereocenters. The van der Waals surface area contributed by atoms with Crippen molar-refractivity contribution in [2.45, 2.75) is 13.5 Å². The molecule has 0 unspecified atom stereocenters. The molecule has 1 aliphatic rings. The SMILES string of the molecule is COc1ccc(C2=C(Nc3ccc(C)cc3)C(=O)N(Cc3ccccc3)C2=O)cc1OC. The van der Waals surface area contributed by atoms with Crippen molar-refractivity contribution in [3.63, 3.8) is 0 Å². The molecule has 0 spiro atoms. The van der Waals surface area contributed by atoms with E-state index >= 15 is 0 Å². The van der Waals surface area contributed by atoms with Crippen LogP contribution in [-0.4, -0.2) is 30.9 Å². The average molecular weight is 428 g/mol. The van der Waals surface area contributed by atoms with E-state index < -0.39 is 0 Å². The van der Waals surface area contributed by atoms with E-state index in [0.717, 1.165) is 16.8 Å². The van der Waals surface area contributed by atoms with Gasteiger partial charge in [0.2, 0.25) is 0 Å². The smallest absolute Gasteiger partial charge is 0.278 e. The van der Waals surface area contributed by atoms with E-state index in [1.165, 1.54) is 12.0 Å². The van der Waals surface area contributed by atoms with E-state index in [1.54, 1.807) is 25.3 Å². The lowest BCUT2D eigenvalue weighted by Gasteiger charge is -2.15. The van der Waals surface area contributed by atoms with Crippen molar-refractivity contribution in [3.05, 3.63) is 95.2 Å². The fourth-order valence-electron chi connectivity index (χ4n) is 3.64. The number of nitrogens with zero attached hydrogens (tertiary/aromatic N) is 1. The van der Waals surface area contributed by atoms with E-state index in [4.69, 9.17) is 9.47 Å². The molecule has 2 amide bonds. The van der Waals surface area contributed by atoms with Gasteiger partial charge in [-0.05, 0) is 42.3 Å². The molecule has 32 heavy (non-hydrogen) atoms. The van der Waals surface area contributed by atoms with Crippen LogP contribution in [0.1, 0.15) is 16.7 Å². The molecule has 6 heteroatoms. The topological polar surface area (TPSA) is 67.9 Å². The Balaban J connectivity index is 1.78. The summed E-state index contributed by atoms with van der Waals surface area (Å²) in [6.07, 6.45) is 0. The third kappa shape index (κ3) is 4.07. The number of carbonyl (C=O) groups is 2. The predicted molar refractivity (Wildman–Crippen MR) is 123 cm³/mol. The quantitative estimate of drug-likeness (QED) is 0.565. The number of benzene rings is 3. The standard InChI is InChI=1S/C26H24N2O4/c1-17-9-12-20(13-10-17)27-24-23(19-11-14-21(31-2)22(15-19)32-3)25(29)28(26(24)30)16-18-7-5-4-6-8-18/h4-15,27H,16H2,1-3H3. The molecule has 0 fully saturated rings. The monoisotopic (exact) mass is 428 g/mol. The van der Waals surface area contributed by atoms with Crippen LogP contribution in [0.15, 0.2) is 78.5 Å². The largest absolute Gasteiger partial charge is 0.493 e. The van der Waals surface area contributed by atoms with Gasteiger partial charge >= 0.3 is 0 Å². The summed E-state index contributed by atoms with van der Waals surface area (Å²) >= 11 is 0. The van der Waals surface area contributed by atoms with Gasteiger partial charge in [-0.15, -0.1) is 0 Å². The Bertz CT molecular complexity index is 1180. The molecule has 1 aliphatic heterocycles. The number of nitrogens with one attached hydrogen (secondary N) is 1. The van der Waals surface area contributed by atoms with Crippen molar-refractivity contribution in [3.8, 4) is 11.5 Å². The first kappa shape index (κ1) is 21.2. The molecule has 6 nitrogen and oxygen atoms in total. The third-order valence-corrected chi connectivity index (χ3v) is 5.34. The summed E-state index contributed by atoms with van der Waals surface area (Å²) in [5.41, 5.74) is 3.81. The van der Waals surface area contributed by atoms with Crippen LogP contribution in [0.5, 0.6) is 11.5 Å². The van der Waals surface area contributed by atoms with Crippen LogP contribution in [0, 0.1) is 6.92 Å². The maximum Gasteiger partial charge on any atom is 0.278 e. The normalized spacial score (nSPS) is 13.5. The van der Waals surface area contributed by atoms with Gasteiger partial charge in [0.15, 0.2) is 11.5 Å². The van der Waals surface area contributed by atoms with Gasteiger partial charge in [-0.3, -0.25) is 14.5 Å². The highest BCUT2D eigenvalue weighted by Gasteiger charge is 2.39. The summed E-state index contributed by atoms with van der Waals surface area (Å²) in [7, 11) is 3.08. The number of carbonyl (C=O) groups excluding carboxylic acids is 2. The van der Waals surface area contributed by atoms with Gasteiger partial charge in [0.25, 0.3) is 11.8 Å². The van der Waals surface area contributed by atoms with Crippen LogP contribution in [-0.2, 0) is 16.1 Å². The lowest BCUT2D eigenvalue weighted by molar-refractivity contribution is -0.137. The molecule has 0 radical (unpaired) electrons. The number of amides is 2. The Kier molecular flexibility index (Phi) is 5.94. The predicted octanol–water partition coefficient (Wildman–Crippen LogP) is 4.40. The molecule has 0 bridgehead atoms.